The normalized spacial score (nSPS) is 18.6. The van der Waals surface area contributed by atoms with Crippen LogP contribution in [-0.2, 0) is 16.4 Å². The van der Waals surface area contributed by atoms with Crippen molar-refractivity contribution in [3.05, 3.63) is 29.1 Å². The van der Waals surface area contributed by atoms with Gasteiger partial charge in [-0.05, 0) is 44.9 Å². The molecule has 0 fully saturated rings. The van der Waals surface area contributed by atoms with Crippen LogP contribution < -0.4 is 0 Å². The van der Waals surface area contributed by atoms with Gasteiger partial charge in [-0.15, -0.1) is 0 Å². The van der Waals surface area contributed by atoms with E-state index in [0.717, 1.165) is 12.1 Å². The lowest BCUT2D eigenvalue weighted by Gasteiger charge is -2.38. The van der Waals surface area contributed by atoms with Gasteiger partial charge in [-0.2, -0.15) is 4.31 Å². The molecule has 1 heterocycles. The molecule has 0 aromatic heterocycles. The molecule has 1 aliphatic rings. The number of nitrogens with zero attached hydrogens (tertiary/aromatic N) is 1. The summed E-state index contributed by atoms with van der Waals surface area (Å²) in [5.74, 6) is -2.39. The van der Waals surface area contributed by atoms with Crippen molar-refractivity contribution < 1.29 is 22.7 Å². The van der Waals surface area contributed by atoms with E-state index in [1.165, 1.54) is 4.31 Å². The van der Waals surface area contributed by atoms with Crippen molar-refractivity contribution >= 4 is 16.0 Å². The molecule has 0 saturated carbocycles. The fraction of sp³-hybridized carbons (Fsp3) is 0.462. The van der Waals surface area contributed by atoms with E-state index < -0.39 is 32.9 Å². The average Bonchev–Trinajstić information content (AvgIpc) is 2.25. The van der Waals surface area contributed by atoms with Crippen molar-refractivity contribution in [2.45, 2.75) is 37.6 Å². The quantitative estimate of drug-likeness (QED) is 0.859. The van der Waals surface area contributed by atoms with Gasteiger partial charge >= 0.3 is 5.97 Å². The third-order valence-electron chi connectivity index (χ3n) is 3.28. The van der Waals surface area contributed by atoms with Crippen LogP contribution in [0, 0.1) is 5.82 Å². The van der Waals surface area contributed by atoms with Gasteiger partial charge in [0.25, 0.3) is 0 Å². The molecule has 0 unspecified atom stereocenters. The lowest BCUT2D eigenvalue weighted by Crippen LogP contribution is -2.49. The summed E-state index contributed by atoms with van der Waals surface area (Å²) >= 11 is 0. The molecule has 0 aliphatic carbocycles. The fourth-order valence-corrected chi connectivity index (χ4v) is 4.40. The predicted molar refractivity (Wildman–Crippen MR) is 70.7 cm³/mol. The van der Waals surface area contributed by atoms with Crippen molar-refractivity contribution in [3.8, 4) is 0 Å². The van der Waals surface area contributed by atoms with Gasteiger partial charge in [0.15, 0.2) is 0 Å². The highest BCUT2D eigenvalue weighted by atomic mass is 32.2. The molecule has 0 atom stereocenters. The summed E-state index contributed by atoms with van der Waals surface area (Å²) in [6.07, 6.45) is 0.364. The maximum Gasteiger partial charge on any atom is 0.338 e. The maximum absolute atomic E-state index is 13.6. The van der Waals surface area contributed by atoms with E-state index in [9.17, 15) is 17.6 Å². The van der Waals surface area contributed by atoms with Crippen molar-refractivity contribution in [3.63, 3.8) is 0 Å². The standard InChI is InChI=1S/C13H16FNO4S/c1-13(2,3)15-5-4-8-6-10(14)9(12(16)17)7-11(8)20(15,18)19/h6-7H,4-5H2,1-3H3,(H,16,17). The monoisotopic (exact) mass is 301 g/mol. The van der Waals surface area contributed by atoms with Gasteiger partial charge in [-0.1, -0.05) is 0 Å². The molecule has 20 heavy (non-hydrogen) atoms. The first-order chi connectivity index (χ1) is 9.05. The number of aromatic carboxylic acids is 1. The summed E-state index contributed by atoms with van der Waals surface area (Å²) in [4.78, 5) is 10.8. The van der Waals surface area contributed by atoms with Crippen LogP contribution in [0.3, 0.4) is 0 Å². The molecule has 1 aromatic carbocycles. The van der Waals surface area contributed by atoms with E-state index in [1.54, 1.807) is 20.8 Å². The van der Waals surface area contributed by atoms with Crippen molar-refractivity contribution in [1.82, 2.24) is 4.31 Å². The smallest absolute Gasteiger partial charge is 0.338 e. The minimum atomic E-state index is -3.81. The second-order valence-electron chi connectivity index (χ2n) is 5.74. The van der Waals surface area contributed by atoms with Crippen LogP contribution in [0.5, 0.6) is 0 Å². The largest absolute Gasteiger partial charge is 0.478 e. The zero-order valence-corrected chi connectivity index (χ0v) is 12.3. The number of fused-ring (bicyclic) bond motifs is 1. The summed E-state index contributed by atoms with van der Waals surface area (Å²) < 4.78 is 40.0. The van der Waals surface area contributed by atoms with Gasteiger partial charge in [-0.3, -0.25) is 0 Å². The van der Waals surface area contributed by atoms with Crippen LogP contribution in [0.1, 0.15) is 36.7 Å². The highest BCUT2D eigenvalue weighted by molar-refractivity contribution is 7.89. The topological polar surface area (TPSA) is 74.7 Å². The number of rotatable bonds is 1. The van der Waals surface area contributed by atoms with Crippen molar-refractivity contribution in [2.75, 3.05) is 6.54 Å². The summed E-state index contributed by atoms with van der Waals surface area (Å²) in [6.45, 7) is 5.54. The molecular weight excluding hydrogens is 285 g/mol. The van der Waals surface area contributed by atoms with Crippen LogP contribution in [-0.4, -0.2) is 35.9 Å². The van der Waals surface area contributed by atoms with Crippen molar-refractivity contribution in [1.29, 1.82) is 0 Å². The predicted octanol–water partition coefficient (Wildman–Crippen LogP) is 1.87. The minimum Gasteiger partial charge on any atom is -0.478 e. The van der Waals surface area contributed by atoms with Gasteiger partial charge < -0.3 is 5.11 Å². The molecule has 0 radical (unpaired) electrons. The van der Waals surface area contributed by atoms with Gasteiger partial charge in [0.2, 0.25) is 10.0 Å². The number of benzene rings is 1. The Kier molecular flexibility index (Phi) is 3.38. The van der Waals surface area contributed by atoms with Gasteiger partial charge in [0.05, 0.1) is 10.5 Å². The van der Waals surface area contributed by atoms with Gasteiger partial charge in [-0.25, -0.2) is 17.6 Å². The number of carboxylic acids is 1. The summed E-state index contributed by atoms with van der Waals surface area (Å²) in [7, 11) is -3.81. The Balaban J connectivity index is 2.67. The molecule has 0 saturated heterocycles. The number of hydrogen-bond donors (Lipinski definition) is 1. The molecule has 0 bridgehead atoms. The van der Waals surface area contributed by atoms with Gasteiger partial charge in [0.1, 0.15) is 5.82 Å². The summed E-state index contributed by atoms with van der Waals surface area (Å²) in [6, 6.07) is 1.93. The Morgan fingerprint density at radius 1 is 1.35 bits per heavy atom. The number of carboxylic acid groups (broad SMARTS) is 1. The number of carbonyl (C=O) groups is 1. The van der Waals surface area contributed by atoms with E-state index in [1.807, 2.05) is 0 Å². The summed E-state index contributed by atoms with van der Waals surface area (Å²) in [5, 5.41) is 8.91. The van der Waals surface area contributed by atoms with E-state index >= 15 is 0 Å². The molecule has 5 nitrogen and oxygen atoms in total. The lowest BCUT2D eigenvalue weighted by molar-refractivity contribution is 0.0691. The Labute approximate surface area is 117 Å². The molecule has 110 valence electrons. The first-order valence-electron chi connectivity index (χ1n) is 6.13. The Morgan fingerprint density at radius 2 is 1.95 bits per heavy atom. The maximum atomic E-state index is 13.6. The molecule has 0 spiro atoms. The zero-order valence-electron chi connectivity index (χ0n) is 11.5. The first kappa shape index (κ1) is 14.9. The highest BCUT2D eigenvalue weighted by Gasteiger charge is 2.39. The molecule has 0 amide bonds. The average molecular weight is 301 g/mol. The fourth-order valence-electron chi connectivity index (χ4n) is 2.35. The lowest BCUT2D eigenvalue weighted by atomic mass is 10.1. The molecule has 1 aliphatic heterocycles. The molecule has 7 heteroatoms. The van der Waals surface area contributed by atoms with Crippen LogP contribution in [0.15, 0.2) is 17.0 Å². The number of hydrogen-bond acceptors (Lipinski definition) is 3. The zero-order chi connectivity index (χ0) is 15.3. The number of halogens is 1. The van der Waals surface area contributed by atoms with E-state index in [-0.39, 0.29) is 11.4 Å². The molecule has 1 N–H and O–H groups in total. The van der Waals surface area contributed by atoms with Crippen LogP contribution in [0.2, 0.25) is 0 Å². The van der Waals surface area contributed by atoms with Crippen LogP contribution in [0.25, 0.3) is 0 Å². The van der Waals surface area contributed by atoms with Crippen molar-refractivity contribution in [2.24, 2.45) is 0 Å². The Morgan fingerprint density at radius 3 is 2.45 bits per heavy atom. The summed E-state index contributed by atoms with van der Waals surface area (Å²) in [5.41, 5.74) is -0.912. The van der Waals surface area contributed by atoms with E-state index in [0.29, 0.717) is 12.0 Å². The number of sulfonamides is 1. The van der Waals surface area contributed by atoms with Crippen LogP contribution >= 0.6 is 0 Å². The molecule has 1 aromatic rings. The second-order valence-corrected chi connectivity index (χ2v) is 7.57. The van der Waals surface area contributed by atoms with Gasteiger partial charge in [0, 0.05) is 12.1 Å². The SMILES string of the molecule is CC(C)(C)N1CCc2cc(F)c(C(=O)O)cc2S1(=O)=O. The molecular formula is C13H16FNO4S. The minimum absolute atomic E-state index is 0.113. The first-order valence-corrected chi connectivity index (χ1v) is 7.57. The Bertz CT molecular complexity index is 676. The third-order valence-corrected chi connectivity index (χ3v) is 5.53. The Hall–Kier alpha value is -1.47. The third kappa shape index (κ3) is 2.31. The molecule has 2 rings (SSSR count). The highest BCUT2D eigenvalue weighted by Crippen LogP contribution is 2.33. The van der Waals surface area contributed by atoms with Crippen LogP contribution in [0.4, 0.5) is 4.39 Å². The second kappa shape index (κ2) is 4.53. The van der Waals surface area contributed by atoms with E-state index in [4.69, 9.17) is 5.11 Å². The van der Waals surface area contributed by atoms with E-state index in [2.05, 4.69) is 0 Å².